The molecule has 0 bridgehead atoms. The molecular formula is C56H35N5. The highest BCUT2D eigenvalue weighted by Gasteiger charge is 2.22. The molecule has 5 nitrogen and oxygen atoms in total. The number of aromatic nitrogens is 5. The quantitative estimate of drug-likeness (QED) is 0.158. The summed E-state index contributed by atoms with van der Waals surface area (Å²) in [5.41, 5.74) is 10.4. The predicted octanol–water partition coefficient (Wildman–Crippen LogP) is 14.1. The standard InChI is InChI=1S/C56H35N5/c1-4-16-36(17-5-1)50-35-57-61-52(38-18-6-2-7-19-38)51(47-26-14-15-27-48(47)53(50)61)37-28-30-40(31-29-37)55-58-54(39-20-8-3-9-21-39)59-56(60-55)41-32-33-46-44-24-11-10-22-42(44)43-23-12-13-25-45(43)49(46)34-41/h1-35H. The molecule has 0 aliphatic rings. The van der Waals surface area contributed by atoms with Crippen LogP contribution in [0.4, 0.5) is 0 Å². The number of fused-ring (bicyclic) bond motifs is 9. The predicted molar refractivity (Wildman–Crippen MR) is 251 cm³/mol. The molecule has 61 heavy (non-hydrogen) atoms. The molecule has 0 atom stereocenters. The van der Waals surface area contributed by atoms with Gasteiger partial charge in [-0.3, -0.25) is 0 Å². The number of benzene rings is 9. The van der Waals surface area contributed by atoms with E-state index in [0.717, 1.165) is 66.5 Å². The topological polar surface area (TPSA) is 56.0 Å². The Labute approximate surface area is 351 Å². The van der Waals surface area contributed by atoms with Crippen molar-refractivity contribution in [1.29, 1.82) is 0 Å². The van der Waals surface area contributed by atoms with Gasteiger partial charge < -0.3 is 0 Å². The molecule has 0 aliphatic heterocycles. The molecule has 0 N–H and O–H groups in total. The fourth-order valence-corrected chi connectivity index (χ4v) is 9.09. The lowest BCUT2D eigenvalue weighted by Crippen LogP contribution is -2.01. The van der Waals surface area contributed by atoms with Crippen molar-refractivity contribution in [2.24, 2.45) is 0 Å². The van der Waals surface area contributed by atoms with Crippen LogP contribution in [-0.4, -0.2) is 24.6 Å². The second-order valence-electron chi connectivity index (χ2n) is 15.4. The van der Waals surface area contributed by atoms with Gasteiger partial charge in [-0.1, -0.05) is 200 Å². The van der Waals surface area contributed by atoms with E-state index in [9.17, 15) is 0 Å². The molecule has 0 amide bonds. The SMILES string of the molecule is c1ccc(-c2nc(-c3ccc(-c4c(-c5ccccc5)n5ncc(-c6ccccc6)c5c5ccccc45)cc3)nc(-c3ccc4c5ccccc5c5ccccc5c4c3)n2)cc1. The van der Waals surface area contributed by atoms with Crippen LogP contribution in [0.25, 0.3) is 116 Å². The third-order valence-corrected chi connectivity index (χ3v) is 11.9. The maximum absolute atomic E-state index is 5.20. The van der Waals surface area contributed by atoms with Gasteiger partial charge in [0.15, 0.2) is 17.5 Å². The van der Waals surface area contributed by atoms with Crippen molar-refractivity contribution in [3.05, 3.63) is 212 Å². The molecule has 0 fully saturated rings. The van der Waals surface area contributed by atoms with E-state index in [1.807, 2.05) is 24.4 Å². The largest absolute Gasteiger partial charge is 0.231 e. The summed E-state index contributed by atoms with van der Waals surface area (Å²) in [6.07, 6.45) is 2.00. The Kier molecular flexibility index (Phi) is 8.10. The van der Waals surface area contributed by atoms with Crippen LogP contribution in [0.3, 0.4) is 0 Å². The summed E-state index contributed by atoms with van der Waals surface area (Å²) in [4.78, 5) is 15.4. The van der Waals surface area contributed by atoms with Gasteiger partial charge in [0.2, 0.25) is 0 Å². The third kappa shape index (κ3) is 5.78. The van der Waals surface area contributed by atoms with Crippen LogP contribution in [0.5, 0.6) is 0 Å². The zero-order valence-corrected chi connectivity index (χ0v) is 32.9. The number of rotatable bonds is 6. The first kappa shape index (κ1) is 34.7. The van der Waals surface area contributed by atoms with E-state index >= 15 is 0 Å². The van der Waals surface area contributed by atoms with Gasteiger partial charge in [-0.2, -0.15) is 5.10 Å². The van der Waals surface area contributed by atoms with E-state index in [1.165, 1.54) is 32.3 Å². The van der Waals surface area contributed by atoms with Gasteiger partial charge >= 0.3 is 0 Å². The summed E-state index contributed by atoms with van der Waals surface area (Å²) < 4.78 is 2.13. The van der Waals surface area contributed by atoms with Gasteiger partial charge in [0.05, 0.1) is 17.4 Å². The molecule has 9 aromatic carbocycles. The van der Waals surface area contributed by atoms with Crippen molar-refractivity contribution in [2.45, 2.75) is 0 Å². The minimum absolute atomic E-state index is 0.613. The van der Waals surface area contributed by atoms with E-state index in [2.05, 4.69) is 193 Å². The van der Waals surface area contributed by atoms with E-state index in [1.54, 1.807) is 0 Å². The summed E-state index contributed by atoms with van der Waals surface area (Å²) in [5, 5.41) is 14.7. The van der Waals surface area contributed by atoms with Crippen molar-refractivity contribution in [3.63, 3.8) is 0 Å². The Morgan fingerprint density at radius 3 is 1.30 bits per heavy atom. The molecular weight excluding hydrogens is 743 g/mol. The van der Waals surface area contributed by atoms with Gasteiger partial charge in [0.25, 0.3) is 0 Å². The van der Waals surface area contributed by atoms with Crippen LogP contribution >= 0.6 is 0 Å². The molecule has 0 spiro atoms. The second-order valence-corrected chi connectivity index (χ2v) is 15.4. The normalized spacial score (nSPS) is 11.6. The van der Waals surface area contributed by atoms with Gasteiger partial charge in [-0.15, -0.1) is 0 Å². The highest BCUT2D eigenvalue weighted by molar-refractivity contribution is 6.25. The van der Waals surface area contributed by atoms with Crippen molar-refractivity contribution in [2.75, 3.05) is 0 Å². The molecule has 0 saturated carbocycles. The van der Waals surface area contributed by atoms with Crippen molar-refractivity contribution in [1.82, 2.24) is 24.6 Å². The summed E-state index contributed by atoms with van der Waals surface area (Å²) in [6, 6.07) is 72.5. The number of pyridine rings is 1. The van der Waals surface area contributed by atoms with Crippen molar-refractivity contribution >= 4 is 48.6 Å². The number of nitrogens with zero attached hydrogens (tertiary/aromatic N) is 5. The minimum Gasteiger partial charge on any atom is -0.231 e. The lowest BCUT2D eigenvalue weighted by atomic mass is 9.91. The van der Waals surface area contributed by atoms with Gasteiger partial charge in [0.1, 0.15) is 0 Å². The van der Waals surface area contributed by atoms with Crippen LogP contribution in [0, 0.1) is 0 Å². The van der Waals surface area contributed by atoms with E-state index < -0.39 is 0 Å². The average Bonchev–Trinajstić information content (AvgIpc) is 3.80. The Balaban J connectivity index is 1.04. The second kappa shape index (κ2) is 14.2. The number of hydrogen-bond acceptors (Lipinski definition) is 4. The van der Waals surface area contributed by atoms with Gasteiger partial charge in [-0.05, 0) is 54.9 Å². The van der Waals surface area contributed by atoms with Crippen LogP contribution in [0.15, 0.2) is 212 Å². The molecule has 0 aliphatic carbocycles. The van der Waals surface area contributed by atoms with Gasteiger partial charge in [-0.25, -0.2) is 19.5 Å². The lowest BCUT2D eigenvalue weighted by molar-refractivity contribution is 0.976. The van der Waals surface area contributed by atoms with E-state index in [-0.39, 0.29) is 0 Å². The third-order valence-electron chi connectivity index (χ3n) is 11.9. The highest BCUT2D eigenvalue weighted by atomic mass is 15.2. The molecule has 12 aromatic rings. The minimum atomic E-state index is 0.613. The fourth-order valence-electron chi connectivity index (χ4n) is 9.09. The van der Waals surface area contributed by atoms with Crippen LogP contribution < -0.4 is 0 Å². The molecule has 3 heterocycles. The average molecular weight is 778 g/mol. The van der Waals surface area contributed by atoms with Crippen LogP contribution in [0.1, 0.15) is 0 Å². The first-order valence-electron chi connectivity index (χ1n) is 20.6. The summed E-state index contributed by atoms with van der Waals surface area (Å²) in [5.74, 6) is 1.87. The van der Waals surface area contributed by atoms with Crippen molar-refractivity contribution < 1.29 is 0 Å². The van der Waals surface area contributed by atoms with E-state index in [0.29, 0.717) is 17.5 Å². The molecule has 0 unspecified atom stereocenters. The molecule has 284 valence electrons. The zero-order chi connectivity index (χ0) is 40.3. The lowest BCUT2D eigenvalue weighted by Gasteiger charge is -2.18. The maximum Gasteiger partial charge on any atom is 0.164 e. The maximum atomic E-state index is 5.20. The molecule has 5 heteroatoms. The Bertz CT molecular complexity index is 3580. The molecule has 0 radical (unpaired) electrons. The monoisotopic (exact) mass is 777 g/mol. The zero-order valence-electron chi connectivity index (χ0n) is 32.9. The van der Waals surface area contributed by atoms with Crippen LogP contribution in [-0.2, 0) is 0 Å². The smallest absolute Gasteiger partial charge is 0.164 e. The van der Waals surface area contributed by atoms with Crippen LogP contribution in [0.2, 0.25) is 0 Å². The fraction of sp³-hybridized carbons (Fsp3) is 0. The number of hydrogen-bond donors (Lipinski definition) is 0. The highest BCUT2D eigenvalue weighted by Crippen LogP contribution is 2.43. The van der Waals surface area contributed by atoms with Crippen molar-refractivity contribution in [3.8, 4) is 67.7 Å². The summed E-state index contributed by atoms with van der Waals surface area (Å²) in [6.45, 7) is 0. The Hall–Kier alpha value is -8.28. The first-order chi connectivity index (χ1) is 30.3. The molecule has 12 rings (SSSR count). The van der Waals surface area contributed by atoms with Gasteiger partial charge in [0, 0.05) is 38.8 Å². The Morgan fingerprint density at radius 2 is 0.705 bits per heavy atom. The summed E-state index contributed by atoms with van der Waals surface area (Å²) >= 11 is 0. The molecule has 3 aromatic heterocycles. The molecule has 0 saturated heterocycles. The first-order valence-corrected chi connectivity index (χ1v) is 20.6. The van der Waals surface area contributed by atoms with E-state index in [4.69, 9.17) is 20.1 Å². The Morgan fingerprint density at radius 1 is 0.295 bits per heavy atom. The summed E-state index contributed by atoms with van der Waals surface area (Å²) in [7, 11) is 0.